The topological polar surface area (TPSA) is 113 Å². The zero-order chi connectivity index (χ0) is 26.8. The molecule has 2 N–H and O–H groups in total. The molecule has 2 aromatic heterocycles. The summed E-state index contributed by atoms with van der Waals surface area (Å²) in [4.78, 5) is 47.8. The van der Waals surface area contributed by atoms with Crippen molar-refractivity contribution in [3.05, 3.63) is 112 Å². The molecule has 8 nitrogen and oxygen atoms in total. The van der Waals surface area contributed by atoms with Gasteiger partial charge in [-0.2, -0.15) is 0 Å². The third-order valence-corrected chi connectivity index (χ3v) is 6.77. The summed E-state index contributed by atoms with van der Waals surface area (Å²) in [6.45, 7) is 4.27. The number of hydrogen-bond acceptors (Lipinski definition) is 6. The minimum atomic E-state index is -0.827. The molecule has 0 radical (unpaired) electrons. The number of H-pyrrole nitrogens is 1. The highest BCUT2D eigenvalue weighted by Gasteiger charge is 2.43. The molecule has 0 bridgehead atoms. The molecule has 1 aliphatic heterocycles. The molecule has 1 atom stereocenters. The predicted octanol–water partition coefficient (Wildman–Crippen LogP) is 4.87. The molecule has 8 heteroatoms. The standard InChI is InChI=1S/C30H27N3O5/c1-3-38-30(37)21-7-5-19(6-8-21)26-25(27(34)20-10-13-31-14-11-20)28(35)29(36)33(26)15-12-22-17-32-24-16-18(2)4-9-23(22)24/h4-11,13-14,16-17,26,32,35H,3,12,15H2,1-2H3. The van der Waals surface area contributed by atoms with Gasteiger partial charge in [-0.3, -0.25) is 14.6 Å². The number of fused-ring (bicyclic) bond motifs is 1. The number of ketones is 1. The lowest BCUT2D eigenvalue weighted by atomic mass is 9.92. The van der Waals surface area contributed by atoms with Gasteiger partial charge in [-0.25, -0.2) is 4.79 Å². The number of Topliss-reactive ketones (excluding diaryl/α,β-unsaturated/α-hetero) is 1. The predicted molar refractivity (Wildman–Crippen MR) is 142 cm³/mol. The maximum absolute atomic E-state index is 13.5. The van der Waals surface area contributed by atoms with E-state index in [0.29, 0.717) is 23.1 Å². The van der Waals surface area contributed by atoms with Gasteiger partial charge in [0, 0.05) is 41.6 Å². The number of ether oxygens (including phenoxy) is 1. The maximum Gasteiger partial charge on any atom is 0.338 e. The van der Waals surface area contributed by atoms with Crippen molar-refractivity contribution in [1.29, 1.82) is 0 Å². The molecule has 0 saturated heterocycles. The summed E-state index contributed by atoms with van der Waals surface area (Å²) >= 11 is 0. The smallest absolute Gasteiger partial charge is 0.338 e. The molecule has 1 aliphatic rings. The van der Waals surface area contributed by atoms with Crippen LogP contribution in [0.5, 0.6) is 0 Å². The highest BCUT2D eigenvalue weighted by molar-refractivity contribution is 6.16. The maximum atomic E-state index is 13.5. The second-order valence-corrected chi connectivity index (χ2v) is 9.18. The van der Waals surface area contributed by atoms with Crippen LogP contribution < -0.4 is 0 Å². The fourth-order valence-electron chi connectivity index (χ4n) is 4.89. The monoisotopic (exact) mass is 509 g/mol. The average Bonchev–Trinajstić information content (AvgIpc) is 3.45. The van der Waals surface area contributed by atoms with Crippen LogP contribution in [-0.2, 0) is 16.0 Å². The van der Waals surface area contributed by atoms with Crippen molar-refractivity contribution in [2.45, 2.75) is 26.3 Å². The van der Waals surface area contributed by atoms with Crippen molar-refractivity contribution >= 4 is 28.6 Å². The van der Waals surface area contributed by atoms with Gasteiger partial charge in [-0.1, -0.05) is 24.3 Å². The Morgan fingerprint density at radius 3 is 2.50 bits per heavy atom. The number of aliphatic hydroxyl groups is 1. The Morgan fingerprint density at radius 2 is 1.79 bits per heavy atom. The van der Waals surface area contributed by atoms with E-state index < -0.39 is 29.5 Å². The Morgan fingerprint density at radius 1 is 1.05 bits per heavy atom. The highest BCUT2D eigenvalue weighted by atomic mass is 16.5. The lowest BCUT2D eigenvalue weighted by Crippen LogP contribution is -2.33. The van der Waals surface area contributed by atoms with E-state index in [4.69, 9.17) is 4.74 Å². The van der Waals surface area contributed by atoms with Crippen molar-refractivity contribution in [2.75, 3.05) is 13.2 Å². The van der Waals surface area contributed by atoms with E-state index in [1.807, 2.05) is 25.3 Å². The van der Waals surface area contributed by atoms with Gasteiger partial charge in [0.25, 0.3) is 5.91 Å². The minimum Gasteiger partial charge on any atom is -0.503 e. The normalized spacial score (nSPS) is 15.4. The number of carbonyl (C=O) groups excluding carboxylic acids is 3. The molecular weight excluding hydrogens is 482 g/mol. The van der Waals surface area contributed by atoms with Gasteiger partial charge >= 0.3 is 5.97 Å². The zero-order valence-corrected chi connectivity index (χ0v) is 21.1. The number of aliphatic hydroxyl groups excluding tert-OH is 1. The number of aryl methyl sites for hydroxylation is 1. The summed E-state index contributed by atoms with van der Waals surface area (Å²) in [5, 5.41) is 12.0. The van der Waals surface area contributed by atoms with Gasteiger partial charge in [0.1, 0.15) is 0 Å². The SMILES string of the molecule is CCOC(=O)c1ccc(C2C(C(=O)c3ccncc3)=C(O)C(=O)N2CCc2c[nH]c3cc(C)ccc23)cc1. The van der Waals surface area contributed by atoms with Crippen molar-refractivity contribution in [3.8, 4) is 0 Å². The van der Waals surface area contributed by atoms with Crippen LogP contribution in [0.15, 0.2) is 84.5 Å². The van der Waals surface area contributed by atoms with E-state index in [2.05, 4.69) is 16.0 Å². The van der Waals surface area contributed by atoms with E-state index in [1.165, 1.54) is 17.3 Å². The number of aromatic nitrogens is 2. The van der Waals surface area contributed by atoms with Crippen LogP contribution in [0.4, 0.5) is 0 Å². The second kappa shape index (κ2) is 10.3. The number of carbonyl (C=O) groups is 3. The fraction of sp³-hybridized carbons (Fsp3) is 0.200. The third-order valence-electron chi connectivity index (χ3n) is 6.77. The molecule has 4 aromatic rings. The first-order valence-electron chi connectivity index (χ1n) is 12.4. The van der Waals surface area contributed by atoms with Gasteiger partial charge in [0.15, 0.2) is 11.5 Å². The number of pyridine rings is 1. The van der Waals surface area contributed by atoms with E-state index in [9.17, 15) is 19.5 Å². The van der Waals surface area contributed by atoms with Gasteiger partial charge in [-0.05, 0) is 67.3 Å². The molecule has 192 valence electrons. The van der Waals surface area contributed by atoms with Crippen LogP contribution in [0.1, 0.15) is 50.4 Å². The Hall–Kier alpha value is -4.72. The van der Waals surface area contributed by atoms with E-state index in [0.717, 1.165) is 22.0 Å². The molecule has 3 heterocycles. The van der Waals surface area contributed by atoms with Crippen LogP contribution in [0.3, 0.4) is 0 Å². The Kier molecular flexibility index (Phi) is 6.79. The van der Waals surface area contributed by atoms with Crippen LogP contribution in [0.2, 0.25) is 0 Å². The van der Waals surface area contributed by atoms with Crippen LogP contribution in [0, 0.1) is 6.92 Å². The molecule has 5 rings (SSSR count). The first-order chi connectivity index (χ1) is 18.4. The van der Waals surface area contributed by atoms with E-state index in [1.54, 1.807) is 43.3 Å². The van der Waals surface area contributed by atoms with Crippen molar-refractivity contribution in [2.24, 2.45) is 0 Å². The molecule has 38 heavy (non-hydrogen) atoms. The molecule has 0 spiro atoms. The summed E-state index contributed by atoms with van der Waals surface area (Å²) in [6.07, 6.45) is 5.41. The Balaban J connectivity index is 1.50. The highest BCUT2D eigenvalue weighted by Crippen LogP contribution is 2.39. The quantitative estimate of drug-likeness (QED) is 0.259. The van der Waals surface area contributed by atoms with Gasteiger partial charge in [0.2, 0.25) is 0 Å². The molecule has 0 saturated carbocycles. The average molecular weight is 510 g/mol. The number of nitrogens with zero attached hydrogens (tertiary/aromatic N) is 2. The number of nitrogens with one attached hydrogen (secondary N) is 1. The van der Waals surface area contributed by atoms with Gasteiger partial charge in [-0.15, -0.1) is 0 Å². The van der Waals surface area contributed by atoms with E-state index >= 15 is 0 Å². The summed E-state index contributed by atoms with van der Waals surface area (Å²) < 4.78 is 5.07. The van der Waals surface area contributed by atoms with Crippen molar-refractivity contribution in [1.82, 2.24) is 14.9 Å². The lowest BCUT2D eigenvalue weighted by Gasteiger charge is -2.27. The van der Waals surface area contributed by atoms with Crippen molar-refractivity contribution in [3.63, 3.8) is 0 Å². The van der Waals surface area contributed by atoms with Crippen molar-refractivity contribution < 1.29 is 24.2 Å². The first kappa shape index (κ1) is 25.0. The number of amides is 1. The zero-order valence-electron chi connectivity index (χ0n) is 21.1. The first-order valence-corrected chi connectivity index (χ1v) is 12.4. The number of esters is 1. The number of rotatable bonds is 8. The minimum absolute atomic E-state index is 0.000337. The molecule has 0 aliphatic carbocycles. The molecular formula is C30H27N3O5. The molecule has 1 amide bonds. The second-order valence-electron chi connectivity index (χ2n) is 9.18. The van der Waals surface area contributed by atoms with Crippen LogP contribution in [0.25, 0.3) is 10.9 Å². The molecule has 2 aromatic carbocycles. The fourth-order valence-corrected chi connectivity index (χ4v) is 4.89. The molecule has 1 unspecified atom stereocenters. The third kappa shape index (κ3) is 4.56. The summed E-state index contributed by atoms with van der Waals surface area (Å²) in [5.41, 5.74) is 4.44. The Bertz CT molecular complexity index is 1550. The largest absolute Gasteiger partial charge is 0.503 e. The lowest BCUT2D eigenvalue weighted by molar-refractivity contribution is -0.129. The summed E-state index contributed by atoms with van der Waals surface area (Å²) in [7, 11) is 0. The number of hydrogen-bond donors (Lipinski definition) is 2. The van der Waals surface area contributed by atoms with E-state index in [-0.39, 0.29) is 18.7 Å². The van der Waals surface area contributed by atoms with Gasteiger partial charge in [0.05, 0.1) is 23.8 Å². The number of aromatic amines is 1. The summed E-state index contributed by atoms with van der Waals surface area (Å²) in [5.74, 6) is -2.10. The number of benzene rings is 2. The van der Waals surface area contributed by atoms with Crippen LogP contribution >= 0.6 is 0 Å². The summed E-state index contributed by atoms with van der Waals surface area (Å²) in [6, 6.07) is 15.0. The molecule has 0 fully saturated rings. The Labute approximate surface area is 219 Å². The van der Waals surface area contributed by atoms with Gasteiger partial charge < -0.3 is 19.7 Å². The van der Waals surface area contributed by atoms with Crippen LogP contribution in [-0.4, -0.2) is 50.8 Å².